The molecule has 2 N–H and O–H groups in total. The van der Waals surface area contributed by atoms with Gasteiger partial charge in [0.2, 0.25) is 5.82 Å². The van der Waals surface area contributed by atoms with E-state index in [1.807, 2.05) is 69.3 Å². The van der Waals surface area contributed by atoms with Crippen LogP contribution in [0, 0.1) is 6.92 Å². The molecule has 134 valence electrons. The van der Waals surface area contributed by atoms with Crippen LogP contribution in [0.1, 0.15) is 25.8 Å². The summed E-state index contributed by atoms with van der Waals surface area (Å²) in [6.45, 7) is 6.01. The van der Waals surface area contributed by atoms with Crippen LogP contribution in [-0.2, 0) is 0 Å². The third kappa shape index (κ3) is 4.27. The second-order valence-corrected chi connectivity index (χ2v) is 6.28. The van der Waals surface area contributed by atoms with E-state index >= 15 is 0 Å². The van der Waals surface area contributed by atoms with Gasteiger partial charge >= 0.3 is 6.03 Å². The van der Waals surface area contributed by atoms with Crippen molar-refractivity contribution < 1.29 is 9.32 Å². The van der Waals surface area contributed by atoms with Crippen LogP contribution in [0.25, 0.3) is 22.8 Å². The molecule has 0 saturated heterocycles. The molecular weight excluding hydrogens is 328 g/mol. The standard InChI is InChI=1S/C20H22N4O2/c1-4-14(3)21-20(25)22-17-7-5-6-16(12-17)18-23-19(26-24-18)15-10-8-13(2)9-11-15/h5-12,14H,4H2,1-3H3,(H2,21,22,25)/t14-/m1/s1. The number of urea groups is 1. The number of carbonyl (C=O) groups excluding carboxylic acids is 1. The van der Waals surface area contributed by atoms with Crippen LogP contribution >= 0.6 is 0 Å². The minimum atomic E-state index is -0.232. The Hall–Kier alpha value is -3.15. The Kier molecular flexibility index (Phi) is 5.31. The van der Waals surface area contributed by atoms with Crippen molar-refractivity contribution in [3.63, 3.8) is 0 Å². The summed E-state index contributed by atoms with van der Waals surface area (Å²) in [6.07, 6.45) is 0.873. The van der Waals surface area contributed by atoms with E-state index in [2.05, 4.69) is 20.8 Å². The van der Waals surface area contributed by atoms with E-state index in [4.69, 9.17) is 4.52 Å². The lowest BCUT2D eigenvalue weighted by atomic mass is 10.1. The number of benzene rings is 2. The van der Waals surface area contributed by atoms with E-state index in [0.717, 1.165) is 17.5 Å². The molecule has 3 rings (SSSR count). The van der Waals surface area contributed by atoms with Crippen molar-refractivity contribution in [2.45, 2.75) is 33.2 Å². The largest absolute Gasteiger partial charge is 0.335 e. The van der Waals surface area contributed by atoms with Crippen LogP contribution in [0.5, 0.6) is 0 Å². The van der Waals surface area contributed by atoms with Crippen molar-refractivity contribution in [2.75, 3.05) is 5.32 Å². The number of aryl methyl sites for hydroxylation is 1. The first-order valence-electron chi connectivity index (χ1n) is 8.64. The smallest absolute Gasteiger partial charge is 0.319 e. The van der Waals surface area contributed by atoms with Crippen molar-refractivity contribution in [2.24, 2.45) is 0 Å². The number of aromatic nitrogens is 2. The Morgan fingerprint density at radius 2 is 1.92 bits per heavy atom. The summed E-state index contributed by atoms with van der Waals surface area (Å²) in [7, 11) is 0. The molecule has 0 spiro atoms. The van der Waals surface area contributed by atoms with Gasteiger partial charge < -0.3 is 15.2 Å². The summed E-state index contributed by atoms with van der Waals surface area (Å²) >= 11 is 0. The van der Waals surface area contributed by atoms with Crippen molar-refractivity contribution in [1.29, 1.82) is 0 Å². The summed E-state index contributed by atoms with van der Waals surface area (Å²) in [5, 5.41) is 9.75. The maximum atomic E-state index is 12.0. The number of nitrogens with one attached hydrogen (secondary N) is 2. The highest BCUT2D eigenvalue weighted by molar-refractivity contribution is 5.90. The molecule has 26 heavy (non-hydrogen) atoms. The van der Waals surface area contributed by atoms with Gasteiger partial charge in [-0.1, -0.05) is 41.9 Å². The Balaban J connectivity index is 1.76. The zero-order valence-corrected chi connectivity index (χ0v) is 15.1. The number of rotatable bonds is 5. The normalized spacial score (nSPS) is 11.8. The van der Waals surface area contributed by atoms with Crippen LogP contribution in [0.2, 0.25) is 0 Å². The molecule has 0 radical (unpaired) electrons. The molecule has 0 unspecified atom stereocenters. The monoisotopic (exact) mass is 350 g/mol. The second kappa shape index (κ2) is 7.82. The third-order valence-corrected chi connectivity index (χ3v) is 4.09. The van der Waals surface area contributed by atoms with Crippen molar-refractivity contribution >= 4 is 11.7 Å². The summed E-state index contributed by atoms with van der Waals surface area (Å²) in [6, 6.07) is 15.1. The fourth-order valence-electron chi connectivity index (χ4n) is 2.38. The number of amides is 2. The van der Waals surface area contributed by atoms with Crippen LogP contribution in [0.4, 0.5) is 10.5 Å². The van der Waals surface area contributed by atoms with E-state index in [-0.39, 0.29) is 12.1 Å². The van der Waals surface area contributed by atoms with Gasteiger partial charge in [0.25, 0.3) is 5.89 Å². The maximum Gasteiger partial charge on any atom is 0.319 e. The first kappa shape index (κ1) is 17.7. The van der Waals surface area contributed by atoms with Crippen LogP contribution in [0.3, 0.4) is 0 Å². The number of carbonyl (C=O) groups is 1. The topological polar surface area (TPSA) is 80.0 Å². The highest BCUT2D eigenvalue weighted by Gasteiger charge is 2.12. The summed E-state index contributed by atoms with van der Waals surface area (Å²) in [5.41, 5.74) is 3.48. The zero-order valence-electron chi connectivity index (χ0n) is 15.1. The highest BCUT2D eigenvalue weighted by Crippen LogP contribution is 2.24. The molecule has 0 fully saturated rings. The molecule has 2 aromatic carbocycles. The van der Waals surface area contributed by atoms with E-state index in [1.165, 1.54) is 5.56 Å². The predicted molar refractivity (Wildman–Crippen MR) is 102 cm³/mol. The second-order valence-electron chi connectivity index (χ2n) is 6.28. The molecule has 0 bridgehead atoms. The summed E-state index contributed by atoms with van der Waals surface area (Å²) in [5.74, 6) is 0.944. The average Bonchev–Trinajstić information content (AvgIpc) is 3.12. The van der Waals surface area contributed by atoms with Crippen molar-refractivity contribution in [3.05, 3.63) is 54.1 Å². The SMILES string of the molecule is CC[C@@H](C)NC(=O)Nc1cccc(-c2noc(-c3ccc(C)cc3)n2)c1. The Morgan fingerprint density at radius 3 is 2.65 bits per heavy atom. The zero-order chi connectivity index (χ0) is 18.5. The molecule has 6 heteroatoms. The minimum Gasteiger partial charge on any atom is -0.335 e. The Labute approximate surface area is 152 Å². The van der Waals surface area contributed by atoms with Gasteiger partial charge in [0.15, 0.2) is 0 Å². The lowest BCUT2D eigenvalue weighted by Gasteiger charge is -2.12. The Morgan fingerprint density at radius 1 is 1.15 bits per heavy atom. The van der Waals surface area contributed by atoms with E-state index in [9.17, 15) is 4.79 Å². The van der Waals surface area contributed by atoms with Gasteiger partial charge in [-0.3, -0.25) is 0 Å². The van der Waals surface area contributed by atoms with Gasteiger partial charge in [-0.05, 0) is 44.5 Å². The quantitative estimate of drug-likeness (QED) is 0.703. The van der Waals surface area contributed by atoms with E-state index < -0.39 is 0 Å². The lowest BCUT2D eigenvalue weighted by molar-refractivity contribution is 0.249. The Bertz CT molecular complexity index is 887. The molecule has 1 heterocycles. The summed E-state index contributed by atoms with van der Waals surface area (Å²) < 4.78 is 5.37. The van der Waals surface area contributed by atoms with Gasteiger partial charge in [0.05, 0.1) is 0 Å². The molecule has 3 aromatic rings. The fourth-order valence-corrected chi connectivity index (χ4v) is 2.38. The van der Waals surface area contributed by atoms with Crippen molar-refractivity contribution in [3.8, 4) is 22.8 Å². The first-order chi connectivity index (χ1) is 12.5. The van der Waals surface area contributed by atoms with Gasteiger partial charge in [0, 0.05) is 22.9 Å². The number of nitrogens with zero attached hydrogens (tertiary/aromatic N) is 2. The summed E-state index contributed by atoms with van der Waals surface area (Å²) in [4.78, 5) is 16.4. The average molecular weight is 350 g/mol. The number of anilines is 1. The molecule has 0 saturated carbocycles. The van der Waals surface area contributed by atoms with Gasteiger partial charge in [-0.15, -0.1) is 0 Å². The third-order valence-electron chi connectivity index (χ3n) is 4.09. The van der Waals surface area contributed by atoms with E-state index in [0.29, 0.717) is 17.4 Å². The molecule has 0 aliphatic heterocycles. The predicted octanol–water partition coefficient (Wildman–Crippen LogP) is 4.63. The number of hydrogen-bond donors (Lipinski definition) is 2. The van der Waals surface area contributed by atoms with Crippen LogP contribution in [0.15, 0.2) is 53.1 Å². The highest BCUT2D eigenvalue weighted by atomic mass is 16.5. The van der Waals surface area contributed by atoms with Gasteiger partial charge in [-0.25, -0.2) is 4.79 Å². The van der Waals surface area contributed by atoms with Gasteiger partial charge in [0.1, 0.15) is 0 Å². The first-order valence-corrected chi connectivity index (χ1v) is 8.64. The van der Waals surface area contributed by atoms with E-state index in [1.54, 1.807) is 0 Å². The molecule has 0 aliphatic rings. The van der Waals surface area contributed by atoms with Crippen molar-refractivity contribution in [1.82, 2.24) is 15.5 Å². The molecule has 1 aromatic heterocycles. The molecule has 1 atom stereocenters. The lowest BCUT2D eigenvalue weighted by Crippen LogP contribution is -2.35. The molecule has 2 amide bonds. The maximum absolute atomic E-state index is 12.0. The van der Waals surface area contributed by atoms with Crippen LogP contribution < -0.4 is 10.6 Å². The number of hydrogen-bond acceptors (Lipinski definition) is 4. The molecule has 6 nitrogen and oxygen atoms in total. The minimum absolute atomic E-state index is 0.118. The van der Waals surface area contributed by atoms with Crippen LogP contribution in [-0.4, -0.2) is 22.2 Å². The van der Waals surface area contributed by atoms with Gasteiger partial charge in [-0.2, -0.15) is 4.98 Å². The molecular formula is C20H22N4O2. The molecule has 0 aliphatic carbocycles. The fraction of sp³-hybridized carbons (Fsp3) is 0.250.